The van der Waals surface area contributed by atoms with Crippen LogP contribution in [0.15, 0.2) is 22.7 Å². The van der Waals surface area contributed by atoms with Gasteiger partial charge in [-0.1, -0.05) is 41.4 Å². The Kier molecular flexibility index (Phi) is 5.81. The first-order valence-corrected chi connectivity index (χ1v) is 6.83. The molecule has 0 aliphatic heterocycles. The molecule has 0 heterocycles. The van der Waals surface area contributed by atoms with Crippen molar-refractivity contribution in [2.45, 2.75) is 39.8 Å². The molecule has 3 heteroatoms. The number of halogens is 2. The fourth-order valence-corrected chi connectivity index (χ4v) is 2.33. The second kappa shape index (κ2) is 6.63. The molecule has 1 aromatic carbocycles. The van der Waals surface area contributed by atoms with Crippen molar-refractivity contribution >= 4 is 27.5 Å². The lowest BCUT2D eigenvalue weighted by Crippen LogP contribution is -2.26. The maximum Gasteiger partial charge on any atom is 0.0410 e. The summed E-state index contributed by atoms with van der Waals surface area (Å²) in [5, 5.41) is 4.30. The zero-order chi connectivity index (χ0) is 12.1. The van der Waals surface area contributed by atoms with E-state index in [1.54, 1.807) is 0 Å². The van der Waals surface area contributed by atoms with Gasteiger partial charge >= 0.3 is 0 Å². The summed E-state index contributed by atoms with van der Waals surface area (Å²) in [6, 6.07) is 6.42. The summed E-state index contributed by atoms with van der Waals surface area (Å²) >= 11 is 9.50. The Balaban J connectivity index is 2.51. The van der Waals surface area contributed by atoms with Crippen molar-refractivity contribution in [2.24, 2.45) is 5.92 Å². The van der Waals surface area contributed by atoms with Gasteiger partial charge in [-0.2, -0.15) is 0 Å². The van der Waals surface area contributed by atoms with E-state index in [1.165, 1.54) is 12.0 Å². The van der Waals surface area contributed by atoms with Gasteiger partial charge in [0.05, 0.1) is 0 Å². The van der Waals surface area contributed by atoms with Crippen molar-refractivity contribution < 1.29 is 0 Å². The second-order valence-electron chi connectivity index (χ2n) is 4.65. The van der Waals surface area contributed by atoms with Crippen LogP contribution >= 0.6 is 27.5 Å². The molecule has 1 unspecified atom stereocenters. The third-order valence-electron chi connectivity index (χ3n) is 2.47. The molecule has 0 bridgehead atoms. The lowest BCUT2D eigenvalue weighted by molar-refractivity contribution is 0.441. The zero-order valence-electron chi connectivity index (χ0n) is 10.1. The van der Waals surface area contributed by atoms with Crippen LogP contribution in [-0.2, 0) is 6.54 Å². The average molecular weight is 305 g/mol. The van der Waals surface area contributed by atoms with E-state index in [9.17, 15) is 0 Å². The van der Waals surface area contributed by atoms with Crippen molar-refractivity contribution in [1.29, 1.82) is 0 Å². The van der Waals surface area contributed by atoms with Crippen LogP contribution in [0.4, 0.5) is 0 Å². The Morgan fingerprint density at radius 1 is 1.31 bits per heavy atom. The minimum Gasteiger partial charge on any atom is -0.310 e. The van der Waals surface area contributed by atoms with Gasteiger partial charge in [0.25, 0.3) is 0 Å². The van der Waals surface area contributed by atoms with E-state index in [4.69, 9.17) is 11.6 Å². The van der Waals surface area contributed by atoms with Crippen LogP contribution in [0.2, 0.25) is 5.02 Å². The molecule has 0 saturated heterocycles. The molecule has 0 spiro atoms. The van der Waals surface area contributed by atoms with Crippen molar-refractivity contribution in [3.05, 3.63) is 33.3 Å². The Morgan fingerprint density at radius 2 is 2.00 bits per heavy atom. The van der Waals surface area contributed by atoms with Crippen LogP contribution in [0, 0.1) is 5.92 Å². The summed E-state index contributed by atoms with van der Waals surface area (Å²) in [7, 11) is 0. The SMILES string of the molecule is CC(C)CC(C)NCc1cc(Cl)ccc1Br. The molecule has 1 aromatic rings. The highest BCUT2D eigenvalue weighted by atomic mass is 79.9. The van der Waals surface area contributed by atoms with Gasteiger partial charge < -0.3 is 5.32 Å². The normalized spacial score (nSPS) is 13.1. The number of rotatable bonds is 5. The lowest BCUT2D eigenvalue weighted by atomic mass is 10.1. The van der Waals surface area contributed by atoms with Crippen molar-refractivity contribution in [2.75, 3.05) is 0 Å². The number of hydrogen-bond donors (Lipinski definition) is 1. The minimum atomic E-state index is 0.533. The molecule has 0 aromatic heterocycles. The Hall–Kier alpha value is -0.0500. The molecule has 0 amide bonds. The Labute approximate surface area is 112 Å². The van der Waals surface area contributed by atoms with Gasteiger partial charge in [0.1, 0.15) is 0 Å². The molecule has 1 rings (SSSR count). The van der Waals surface area contributed by atoms with Crippen LogP contribution in [0.5, 0.6) is 0 Å². The van der Waals surface area contributed by atoms with E-state index in [2.05, 4.69) is 42.0 Å². The molecule has 1 nitrogen and oxygen atoms in total. The van der Waals surface area contributed by atoms with Crippen molar-refractivity contribution in [1.82, 2.24) is 5.32 Å². The van der Waals surface area contributed by atoms with E-state index in [0.717, 1.165) is 22.0 Å². The third-order valence-corrected chi connectivity index (χ3v) is 3.48. The van der Waals surface area contributed by atoms with E-state index in [1.807, 2.05) is 18.2 Å². The first-order chi connectivity index (χ1) is 7.49. The highest BCUT2D eigenvalue weighted by molar-refractivity contribution is 9.10. The van der Waals surface area contributed by atoms with Crippen molar-refractivity contribution in [3.63, 3.8) is 0 Å². The predicted octanol–water partition coefficient (Wildman–Crippen LogP) is 4.63. The van der Waals surface area contributed by atoms with E-state index in [-0.39, 0.29) is 0 Å². The van der Waals surface area contributed by atoms with E-state index < -0.39 is 0 Å². The fraction of sp³-hybridized carbons (Fsp3) is 0.538. The topological polar surface area (TPSA) is 12.0 Å². The Morgan fingerprint density at radius 3 is 2.62 bits per heavy atom. The van der Waals surface area contributed by atoms with Gasteiger partial charge in [-0.25, -0.2) is 0 Å². The molecule has 0 aliphatic rings. The maximum absolute atomic E-state index is 5.97. The summed E-state index contributed by atoms with van der Waals surface area (Å²) in [6.07, 6.45) is 1.19. The fourth-order valence-electron chi connectivity index (χ4n) is 1.75. The molecule has 0 fully saturated rings. The van der Waals surface area contributed by atoms with E-state index in [0.29, 0.717) is 6.04 Å². The van der Waals surface area contributed by atoms with Gasteiger partial charge in [-0.3, -0.25) is 0 Å². The lowest BCUT2D eigenvalue weighted by Gasteiger charge is -2.16. The number of benzene rings is 1. The highest BCUT2D eigenvalue weighted by Gasteiger charge is 2.06. The molecule has 90 valence electrons. The average Bonchev–Trinajstić information content (AvgIpc) is 2.18. The zero-order valence-corrected chi connectivity index (χ0v) is 12.4. The van der Waals surface area contributed by atoms with Crippen LogP contribution in [0.25, 0.3) is 0 Å². The molecule has 16 heavy (non-hydrogen) atoms. The molecule has 1 atom stereocenters. The largest absolute Gasteiger partial charge is 0.310 e. The highest BCUT2D eigenvalue weighted by Crippen LogP contribution is 2.21. The molecular formula is C13H19BrClN. The van der Waals surface area contributed by atoms with Gasteiger partial charge in [-0.05, 0) is 43.0 Å². The van der Waals surface area contributed by atoms with Gasteiger partial charge in [0.2, 0.25) is 0 Å². The second-order valence-corrected chi connectivity index (χ2v) is 5.94. The van der Waals surface area contributed by atoms with Crippen LogP contribution in [0.1, 0.15) is 32.8 Å². The molecule has 1 N–H and O–H groups in total. The van der Waals surface area contributed by atoms with Crippen LogP contribution < -0.4 is 5.32 Å². The summed E-state index contributed by atoms with van der Waals surface area (Å²) in [5.41, 5.74) is 1.21. The van der Waals surface area contributed by atoms with Gasteiger partial charge in [-0.15, -0.1) is 0 Å². The standard InChI is InChI=1S/C13H19BrClN/c1-9(2)6-10(3)16-8-11-7-12(15)4-5-13(11)14/h4-5,7,9-10,16H,6,8H2,1-3H3. The van der Waals surface area contributed by atoms with E-state index >= 15 is 0 Å². The smallest absolute Gasteiger partial charge is 0.0410 e. The summed E-state index contributed by atoms with van der Waals surface area (Å²) in [6.45, 7) is 7.56. The molecule has 0 saturated carbocycles. The summed E-state index contributed by atoms with van der Waals surface area (Å²) in [5.74, 6) is 0.727. The maximum atomic E-state index is 5.97. The molecular weight excluding hydrogens is 286 g/mol. The number of hydrogen-bond acceptors (Lipinski definition) is 1. The van der Waals surface area contributed by atoms with Crippen LogP contribution in [0.3, 0.4) is 0 Å². The third kappa shape index (κ3) is 4.86. The monoisotopic (exact) mass is 303 g/mol. The summed E-state index contributed by atoms with van der Waals surface area (Å²) in [4.78, 5) is 0. The summed E-state index contributed by atoms with van der Waals surface area (Å²) < 4.78 is 1.11. The quantitative estimate of drug-likeness (QED) is 0.836. The van der Waals surface area contributed by atoms with Crippen LogP contribution in [-0.4, -0.2) is 6.04 Å². The predicted molar refractivity (Wildman–Crippen MR) is 74.9 cm³/mol. The Bertz CT molecular complexity index is 339. The van der Waals surface area contributed by atoms with Gasteiger partial charge in [0.15, 0.2) is 0 Å². The minimum absolute atomic E-state index is 0.533. The number of nitrogens with one attached hydrogen (secondary N) is 1. The first kappa shape index (κ1) is 14.0. The van der Waals surface area contributed by atoms with Crippen molar-refractivity contribution in [3.8, 4) is 0 Å². The van der Waals surface area contributed by atoms with Gasteiger partial charge in [0, 0.05) is 22.1 Å². The first-order valence-electron chi connectivity index (χ1n) is 5.66. The molecule has 0 radical (unpaired) electrons. The molecule has 0 aliphatic carbocycles.